The molecule has 0 spiro atoms. The largest absolute Gasteiger partial charge is 0.493 e. The highest BCUT2D eigenvalue weighted by molar-refractivity contribution is 5.88. The molecule has 4 atom stereocenters. The molecule has 29 heavy (non-hydrogen) atoms. The number of methoxy groups -OCH3 is 1. The number of ether oxygens (including phenoxy) is 6. The van der Waals surface area contributed by atoms with Crippen LogP contribution in [0.2, 0.25) is 0 Å². The first-order valence-corrected chi connectivity index (χ1v) is 9.41. The monoisotopic (exact) mass is 406 g/mol. The molecule has 158 valence electrons. The summed E-state index contributed by atoms with van der Waals surface area (Å²) in [5.41, 5.74) is 0.0140. The highest BCUT2D eigenvalue weighted by Crippen LogP contribution is 2.44. The van der Waals surface area contributed by atoms with E-state index >= 15 is 0 Å². The zero-order valence-electron chi connectivity index (χ0n) is 17.4. The molecule has 2 aliphatic rings. The van der Waals surface area contributed by atoms with Crippen LogP contribution in [0.4, 0.5) is 0 Å². The van der Waals surface area contributed by atoms with Crippen LogP contribution in [0, 0.1) is 0 Å². The van der Waals surface area contributed by atoms with Crippen LogP contribution in [0.25, 0.3) is 0 Å². The molecule has 8 nitrogen and oxygen atoms in total. The molecule has 1 aromatic carbocycles. The third kappa shape index (κ3) is 4.03. The summed E-state index contributed by atoms with van der Waals surface area (Å²) >= 11 is 0. The minimum absolute atomic E-state index is 0.0649. The Bertz CT molecular complexity index is 845. The quantitative estimate of drug-likeness (QED) is 0.387. The van der Waals surface area contributed by atoms with Crippen molar-refractivity contribution in [3.05, 3.63) is 29.3 Å². The number of carbonyl (C=O) groups excluding carboxylic acids is 2. The van der Waals surface area contributed by atoms with E-state index in [0.29, 0.717) is 28.4 Å². The van der Waals surface area contributed by atoms with E-state index in [1.165, 1.54) is 7.11 Å². The highest BCUT2D eigenvalue weighted by atomic mass is 16.7. The maximum Gasteiger partial charge on any atom is 0.341 e. The first-order valence-electron chi connectivity index (χ1n) is 9.41. The Labute approximate surface area is 169 Å². The Morgan fingerprint density at radius 3 is 2.55 bits per heavy atom. The van der Waals surface area contributed by atoms with Gasteiger partial charge in [0.1, 0.15) is 6.10 Å². The molecule has 3 rings (SSSR count). The van der Waals surface area contributed by atoms with Gasteiger partial charge in [-0.15, -0.1) is 0 Å². The van der Waals surface area contributed by atoms with Crippen molar-refractivity contribution in [1.29, 1.82) is 0 Å². The van der Waals surface area contributed by atoms with Crippen LogP contribution in [0.3, 0.4) is 0 Å². The number of fused-ring (bicyclic) bond motifs is 1. The third-order valence-electron chi connectivity index (χ3n) is 5.26. The minimum atomic E-state index is -0.978. The van der Waals surface area contributed by atoms with Crippen LogP contribution in [0.15, 0.2) is 23.8 Å². The number of esters is 2. The van der Waals surface area contributed by atoms with Gasteiger partial charge in [0.15, 0.2) is 23.2 Å². The summed E-state index contributed by atoms with van der Waals surface area (Å²) in [7, 11) is 1.50. The number of hydrogen-bond acceptors (Lipinski definition) is 8. The second kappa shape index (κ2) is 7.94. The number of allylic oxidation sites excluding steroid dienone is 1. The lowest BCUT2D eigenvalue weighted by Gasteiger charge is -2.26. The lowest BCUT2D eigenvalue weighted by atomic mass is 10.0. The second-order valence-corrected chi connectivity index (χ2v) is 7.23. The van der Waals surface area contributed by atoms with Crippen molar-refractivity contribution in [1.82, 2.24) is 0 Å². The molecule has 1 saturated heterocycles. The van der Waals surface area contributed by atoms with E-state index in [9.17, 15) is 9.59 Å². The van der Waals surface area contributed by atoms with Crippen molar-refractivity contribution >= 4 is 11.9 Å². The van der Waals surface area contributed by atoms with Crippen molar-refractivity contribution in [2.24, 2.45) is 0 Å². The molecule has 0 saturated carbocycles. The van der Waals surface area contributed by atoms with Gasteiger partial charge >= 0.3 is 11.9 Å². The Hall–Kier alpha value is -2.74. The van der Waals surface area contributed by atoms with Gasteiger partial charge in [0, 0.05) is 11.1 Å². The van der Waals surface area contributed by atoms with E-state index in [2.05, 4.69) is 0 Å². The summed E-state index contributed by atoms with van der Waals surface area (Å²) in [6.45, 7) is 8.58. The average molecular weight is 406 g/mol. The molecule has 0 aliphatic carbocycles. The van der Waals surface area contributed by atoms with Gasteiger partial charge in [0.2, 0.25) is 12.5 Å². The lowest BCUT2D eigenvalue weighted by molar-refractivity contribution is -0.168. The molecule has 0 bridgehead atoms. The maximum absolute atomic E-state index is 12.5. The van der Waals surface area contributed by atoms with Crippen LogP contribution in [0.1, 0.15) is 46.3 Å². The van der Waals surface area contributed by atoms with Gasteiger partial charge in [-0.1, -0.05) is 6.08 Å². The molecule has 8 heteroatoms. The van der Waals surface area contributed by atoms with E-state index in [-0.39, 0.29) is 12.9 Å². The van der Waals surface area contributed by atoms with Crippen LogP contribution < -0.4 is 14.2 Å². The standard InChI is InChI=1S/C21H26O8/c1-7-11(2)19(22)28-17(12(3)27-20(23)21(5)13(4)29-21)14-8-15(24-6)18-16(9-14)25-10-26-18/h7-9,12-13,17H,10H2,1-6H3/t12-,13+,17-,21-/m0/s1. The number of benzene rings is 1. The van der Waals surface area contributed by atoms with Gasteiger partial charge in [-0.05, 0) is 46.8 Å². The van der Waals surface area contributed by atoms with Crippen LogP contribution in [-0.4, -0.2) is 43.7 Å². The second-order valence-electron chi connectivity index (χ2n) is 7.23. The van der Waals surface area contributed by atoms with E-state index in [4.69, 9.17) is 28.4 Å². The van der Waals surface area contributed by atoms with Crippen molar-refractivity contribution < 1.29 is 38.0 Å². The molecular weight excluding hydrogens is 380 g/mol. The fraction of sp³-hybridized carbons (Fsp3) is 0.524. The first kappa shape index (κ1) is 21.0. The molecule has 1 fully saturated rings. The van der Waals surface area contributed by atoms with Gasteiger partial charge in [0.05, 0.1) is 13.2 Å². The van der Waals surface area contributed by atoms with E-state index in [0.717, 1.165) is 0 Å². The summed E-state index contributed by atoms with van der Waals surface area (Å²) in [6.07, 6.45) is -0.243. The number of carbonyl (C=O) groups is 2. The van der Waals surface area contributed by atoms with Crippen LogP contribution in [-0.2, 0) is 23.8 Å². The third-order valence-corrected chi connectivity index (χ3v) is 5.26. The Morgan fingerprint density at radius 1 is 1.28 bits per heavy atom. The van der Waals surface area contributed by atoms with Crippen LogP contribution in [0.5, 0.6) is 17.2 Å². The summed E-state index contributed by atoms with van der Waals surface area (Å²) in [4.78, 5) is 25.0. The number of rotatable bonds is 7. The van der Waals surface area contributed by atoms with Gasteiger partial charge in [0.25, 0.3) is 0 Å². The molecule has 2 aliphatic heterocycles. The van der Waals surface area contributed by atoms with Gasteiger partial charge in [-0.3, -0.25) is 0 Å². The van der Waals surface area contributed by atoms with E-state index in [1.807, 2.05) is 0 Å². The summed E-state index contributed by atoms with van der Waals surface area (Å²) in [5, 5.41) is 0. The summed E-state index contributed by atoms with van der Waals surface area (Å²) in [5.74, 6) is 0.354. The maximum atomic E-state index is 12.5. The molecule has 0 amide bonds. The number of hydrogen-bond donors (Lipinski definition) is 0. The van der Waals surface area contributed by atoms with Gasteiger partial charge in [-0.25, -0.2) is 9.59 Å². The predicted octanol–water partition coefficient (Wildman–Crippen LogP) is 3.08. The zero-order valence-corrected chi connectivity index (χ0v) is 17.4. The van der Waals surface area contributed by atoms with Gasteiger partial charge in [-0.2, -0.15) is 0 Å². The normalized spacial score (nSPS) is 24.5. The van der Waals surface area contributed by atoms with Crippen molar-refractivity contribution in [2.45, 2.75) is 58.5 Å². The summed E-state index contributed by atoms with van der Waals surface area (Å²) < 4.78 is 32.9. The minimum Gasteiger partial charge on any atom is -0.493 e. The molecule has 2 heterocycles. The average Bonchev–Trinajstić information content (AvgIpc) is 3.09. The Kier molecular flexibility index (Phi) is 5.75. The molecule has 0 radical (unpaired) electrons. The van der Waals surface area contributed by atoms with E-state index < -0.39 is 29.7 Å². The zero-order chi connectivity index (χ0) is 21.3. The van der Waals surface area contributed by atoms with Crippen molar-refractivity contribution in [2.75, 3.05) is 13.9 Å². The fourth-order valence-corrected chi connectivity index (χ4v) is 2.97. The smallest absolute Gasteiger partial charge is 0.341 e. The fourth-order valence-electron chi connectivity index (χ4n) is 2.97. The van der Waals surface area contributed by atoms with Crippen molar-refractivity contribution in [3.63, 3.8) is 0 Å². The highest BCUT2D eigenvalue weighted by Gasteiger charge is 2.57. The topological polar surface area (TPSA) is 92.8 Å². The number of epoxide rings is 1. The SMILES string of the molecule is CC=C(C)C(=O)O[C@H](c1cc(OC)c2c(c1)OCO2)[C@H](C)OC(=O)[C@@]1(C)O[C@@H]1C. The predicted molar refractivity (Wildman–Crippen MR) is 102 cm³/mol. The molecule has 0 aromatic heterocycles. The molecule has 1 aromatic rings. The lowest BCUT2D eigenvalue weighted by Crippen LogP contribution is -2.33. The summed E-state index contributed by atoms with van der Waals surface area (Å²) in [6, 6.07) is 3.37. The Balaban J connectivity index is 1.91. The Morgan fingerprint density at radius 2 is 1.97 bits per heavy atom. The van der Waals surface area contributed by atoms with E-state index in [1.54, 1.807) is 52.8 Å². The first-order chi connectivity index (χ1) is 13.7. The molecular formula is C21H26O8. The van der Waals surface area contributed by atoms with Crippen LogP contribution >= 0.6 is 0 Å². The molecule has 0 unspecified atom stereocenters. The van der Waals surface area contributed by atoms with Crippen molar-refractivity contribution in [3.8, 4) is 17.2 Å². The molecule has 0 N–H and O–H groups in total. The van der Waals surface area contributed by atoms with Gasteiger partial charge < -0.3 is 28.4 Å².